The Balaban J connectivity index is 1.17. The first-order chi connectivity index (χ1) is 25.9. The van der Waals surface area contributed by atoms with E-state index in [4.69, 9.17) is 19.6 Å². The number of aromatic nitrogens is 3. The van der Waals surface area contributed by atoms with Gasteiger partial charge in [0.05, 0.1) is 28.4 Å². The molecule has 9 heteroatoms. The number of fused-ring (bicyclic) bond motifs is 1. The number of carbonyl (C=O) groups excluding carboxylic acids is 1. The van der Waals surface area contributed by atoms with E-state index >= 15 is 9.18 Å². The Morgan fingerprint density at radius 3 is 2.30 bits per heavy atom. The average molecular weight is 710 g/mol. The molecule has 0 spiro atoms. The Morgan fingerprint density at radius 1 is 0.887 bits per heavy atom. The highest BCUT2D eigenvalue weighted by molar-refractivity contribution is 6.07. The molecule has 2 saturated heterocycles. The SMILES string of the molecule is Cc1nn(C2CCCCO2)c2nc(-c3ccc(OCc4ccccc4)cc3F)cc(C(=O)N3C[C@H](c4ccccc4)N(Cc4ccccc4)C[C@H]3C)c12. The maximum atomic E-state index is 16.1. The summed E-state index contributed by atoms with van der Waals surface area (Å²) < 4.78 is 29.9. The van der Waals surface area contributed by atoms with E-state index in [1.807, 2.05) is 54.3 Å². The Labute approximate surface area is 309 Å². The standard InChI is InChI=1S/C44H44FN5O3/c1-30-26-48(27-32-14-6-3-7-15-32)40(34-18-10-5-11-19-34)28-49(30)44(51)37-25-39(46-43-42(37)31(2)47-50(43)41-20-12-13-23-52-41)36-22-21-35(24-38(36)45)53-29-33-16-8-4-9-17-33/h3-11,14-19,21-22,24-25,30,40-41H,12-13,20,23,26-29H2,1-2H3/t30-,40-,41?/m1/s1. The van der Waals surface area contributed by atoms with E-state index in [9.17, 15) is 0 Å². The number of hydrogen-bond acceptors (Lipinski definition) is 6. The molecule has 3 atom stereocenters. The molecular formula is C44H44FN5O3. The van der Waals surface area contributed by atoms with Crippen LogP contribution in [0.3, 0.4) is 0 Å². The van der Waals surface area contributed by atoms with Gasteiger partial charge in [-0.05, 0) is 68.0 Å². The van der Waals surface area contributed by atoms with E-state index < -0.39 is 5.82 Å². The second kappa shape index (κ2) is 15.3. The van der Waals surface area contributed by atoms with Crippen LogP contribution in [0.5, 0.6) is 5.75 Å². The predicted molar refractivity (Wildman–Crippen MR) is 204 cm³/mol. The molecule has 8 rings (SSSR count). The number of pyridine rings is 1. The molecule has 8 nitrogen and oxygen atoms in total. The zero-order valence-electron chi connectivity index (χ0n) is 30.2. The van der Waals surface area contributed by atoms with Gasteiger partial charge in [-0.1, -0.05) is 91.0 Å². The second-order valence-electron chi connectivity index (χ2n) is 14.2. The van der Waals surface area contributed by atoms with Gasteiger partial charge >= 0.3 is 0 Å². The van der Waals surface area contributed by atoms with Crippen LogP contribution in [-0.4, -0.2) is 56.2 Å². The predicted octanol–water partition coefficient (Wildman–Crippen LogP) is 8.91. The van der Waals surface area contributed by atoms with Crippen LogP contribution in [-0.2, 0) is 17.9 Å². The van der Waals surface area contributed by atoms with Crippen LogP contribution in [0.1, 0.15) is 71.2 Å². The highest BCUT2D eigenvalue weighted by Crippen LogP contribution is 2.36. The van der Waals surface area contributed by atoms with Gasteiger partial charge in [0.15, 0.2) is 11.9 Å². The van der Waals surface area contributed by atoms with E-state index in [-0.39, 0.29) is 29.8 Å². The van der Waals surface area contributed by atoms with Crippen molar-refractivity contribution in [1.82, 2.24) is 24.6 Å². The lowest BCUT2D eigenvalue weighted by Crippen LogP contribution is -2.55. The summed E-state index contributed by atoms with van der Waals surface area (Å²) in [7, 11) is 0. The van der Waals surface area contributed by atoms with Crippen molar-refractivity contribution in [3.05, 3.63) is 149 Å². The number of aryl methyl sites for hydroxylation is 1. The van der Waals surface area contributed by atoms with Crippen molar-refractivity contribution in [3.63, 3.8) is 0 Å². The third kappa shape index (κ3) is 7.32. The quantitative estimate of drug-likeness (QED) is 0.149. The van der Waals surface area contributed by atoms with Gasteiger partial charge in [0.2, 0.25) is 0 Å². The molecule has 4 heterocycles. The molecule has 0 bridgehead atoms. The highest BCUT2D eigenvalue weighted by atomic mass is 19.1. The number of amides is 1. The molecular weight excluding hydrogens is 666 g/mol. The van der Waals surface area contributed by atoms with Crippen LogP contribution in [0.15, 0.2) is 115 Å². The fourth-order valence-corrected chi connectivity index (χ4v) is 7.74. The first-order valence-corrected chi connectivity index (χ1v) is 18.5. The normalized spacial score (nSPS) is 19.4. The summed E-state index contributed by atoms with van der Waals surface area (Å²) >= 11 is 0. The molecule has 0 saturated carbocycles. The van der Waals surface area contributed by atoms with E-state index in [2.05, 4.69) is 60.4 Å². The smallest absolute Gasteiger partial charge is 0.255 e. The molecule has 6 aromatic rings. The van der Waals surface area contributed by atoms with Gasteiger partial charge in [0.1, 0.15) is 18.2 Å². The number of nitrogens with zero attached hydrogens (tertiary/aromatic N) is 5. The van der Waals surface area contributed by atoms with Crippen molar-refractivity contribution in [2.24, 2.45) is 0 Å². The number of benzene rings is 4. The summed E-state index contributed by atoms with van der Waals surface area (Å²) in [5.74, 6) is -0.190. The summed E-state index contributed by atoms with van der Waals surface area (Å²) in [6.45, 7) is 6.92. The van der Waals surface area contributed by atoms with E-state index in [0.717, 1.165) is 36.9 Å². The number of halogens is 1. The van der Waals surface area contributed by atoms with Crippen molar-refractivity contribution >= 4 is 16.9 Å². The van der Waals surface area contributed by atoms with Crippen LogP contribution < -0.4 is 4.74 Å². The minimum atomic E-state index is -0.482. The monoisotopic (exact) mass is 709 g/mol. The van der Waals surface area contributed by atoms with E-state index in [0.29, 0.717) is 60.0 Å². The number of ether oxygens (including phenoxy) is 2. The average Bonchev–Trinajstić information content (AvgIpc) is 3.54. The first-order valence-electron chi connectivity index (χ1n) is 18.5. The van der Waals surface area contributed by atoms with Crippen molar-refractivity contribution in [2.75, 3.05) is 19.7 Å². The Hall–Kier alpha value is -5.38. The van der Waals surface area contributed by atoms with Crippen LogP contribution in [0.4, 0.5) is 4.39 Å². The maximum absolute atomic E-state index is 16.1. The Kier molecular flexibility index (Phi) is 10.0. The summed E-state index contributed by atoms with van der Waals surface area (Å²) in [5.41, 5.74) is 5.70. The van der Waals surface area contributed by atoms with Crippen LogP contribution in [0, 0.1) is 12.7 Å². The Bertz CT molecular complexity index is 2190. The van der Waals surface area contributed by atoms with E-state index in [1.165, 1.54) is 11.6 Å². The summed E-state index contributed by atoms with van der Waals surface area (Å²) in [4.78, 5) is 24.5. The number of piperazine rings is 1. The molecule has 2 aliphatic rings. The molecule has 1 unspecified atom stereocenters. The molecule has 0 radical (unpaired) electrons. The minimum absolute atomic E-state index is 0.0197. The number of rotatable bonds is 9. The first kappa shape index (κ1) is 34.7. The van der Waals surface area contributed by atoms with Gasteiger partial charge in [0, 0.05) is 43.9 Å². The highest BCUT2D eigenvalue weighted by Gasteiger charge is 2.37. The zero-order chi connectivity index (χ0) is 36.3. The van der Waals surface area contributed by atoms with Gasteiger partial charge in [0.25, 0.3) is 5.91 Å². The Morgan fingerprint density at radius 2 is 1.60 bits per heavy atom. The fourth-order valence-electron chi connectivity index (χ4n) is 7.74. The van der Waals surface area contributed by atoms with Gasteiger partial charge < -0.3 is 14.4 Å². The van der Waals surface area contributed by atoms with Crippen LogP contribution in [0.2, 0.25) is 0 Å². The molecule has 2 aliphatic heterocycles. The van der Waals surface area contributed by atoms with Crippen molar-refractivity contribution < 1.29 is 18.7 Å². The lowest BCUT2D eigenvalue weighted by atomic mass is 9.97. The molecule has 0 N–H and O–H groups in total. The molecule has 4 aromatic carbocycles. The third-order valence-electron chi connectivity index (χ3n) is 10.5. The van der Waals surface area contributed by atoms with Gasteiger partial charge in [-0.3, -0.25) is 9.69 Å². The number of carbonyl (C=O) groups is 1. The molecule has 2 fully saturated rings. The third-order valence-corrected chi connectivity index (χ3v) is 10.5. The summed E-state index contributed by atoms with van der Waals surface area (Å²) in [5, 5.41) is 5.58. The maximum Gasteiger partial charge on any atom is 0.255 e. The van der Waals surface area contributed by atoms with Crippen molar-refractivity contribution in [1.29, 1.82) is 0 Å². The fraction of sp³-hybridized carbons (Fsp3) is 0.295. The van der Waals surface area contributed by atoms with Crippen molar-refractivity contribution in [2.45, 2.75) is 64.6 Å². The minimum Gasteiger partial charge on any atom is -0.489 e. The second-order valence-corrected chi connectivity index (χ2v) is 14.2. The van der Waals surface area contributed by atoms with Gasteiger partial charge in [-0.2, -0.15) is 5.10 Å². The lowest BCUT2D eigenvalue weighted by Gasteiger charge is -2.45. The van der Waals surface area contributed by atoms with Crippen LogP contribution >= 0.6 is 0 Å². The summed E-state index contributed by atoms with van der Waals surface area (Å²) in [6.07, 6.45) is 2.46. The molecule has 0 aliphatic carbocycles. The molecule has 1 amide bonds. The number of hydrogen-bond donors (Lipinski definition) is 0. The topological polar surface area (TPSA) is 72.7 Å². The molecule has 270 valence electrons. The van der Waals surface area contributed by atoms with Crippen LogP contribution in [0.25, 0.3) is 22.3 Å². The molecule has 53 heavy (non-hydrogen) atoms. The van der Waals surface area contributed by atoms with Gasteiger partial charge in [-0.25, -0.2) is 14.1 Å². The molecule has 2 aromatic heterocycles. The van der Waals surface area contributed by atoms with E-state index in [1.54, 1.807) is 22.9 Å². The van der Waals surface area contributed by atoms with Gasteiger partial charge in [-0.15, -0.1) is 0 Å². The largest absolute Gasteiger partial charge is 0.489 e. The lowest BCUT2D eigenvalue weighted by molar-refractivity contribution is -0.0371. The van der Waals surface area contributed by atoms with Crippen molar-refractivity contribution in [3.8, 4) is 17.0 Å². The zero-order valence-corrected chi connectivity index (χ0v) is 30.2. The summed E-state index contributed by atoms with van der Waals surface area (Å²) in [6, 6.07) is 37.1.